The summed E-state index contributed by atoms with van der Waals surface area (Å²) < 4.78 is 0. The highest BCUT2D eigenvalue weighted by atomic mass is 16.3. The van der Waals surface area contributed by atoms with E-state index in [1.807, 2.05) is 0 Å². The Balaban J connectivity index is 2.14. The second-order valence-corrected chi connectivity index (χ2v) is 2.70. The summed E-state index contributed by atoms with van der Waals surface area (Å²) in [4.78, 5) is 2.20. The molecule has 0 bridgehead atoms. The van der Waals surface area contributed by atoms with E-state index in [9.17, 15) is 0 Å². The molecule has 1 rings (SSSR count). The molecule has 0 radical (unpaired) electrons. The molecule has 1 N–H and O–H groups in total. The summed E-state index contributed by atoms with van der Waals surface area (Å²) >= 11 is 0. The Morgan fingerprint density at radius 2 is 2.50 bits per heavy atom. The van der Waals surface area contributed by atoms with Gasteiger partial charge in [0.15, 0.2) is 0 Å². The van der Waals surface area contributed by atoms with Gasteiger partial charge in [0.1, 0.15) is 0 Å². The zero-order chi connectivity index (χ0) is 7.40. The van der Waals surface area contributed by atoms with Crippen LogP contribution in [0.4, 0.5) is 0 Å². The van der Waals surface area contributed by atoms with Crippen molar-refractivity contribution < 1.29 is 5.11 Å². The first kappa shape index (κ1) is 7.59. The normalized spacial score (nSPS) is 26.6. The maximum Gasteiger partial charge on any atom is 0.0679 e. The number of aliphatic hydroxyl groups is 1. The smallest absolute Gasteiger partial charge is 0.0679 e. The highest BCUT2D eigenvalue weighted by Gasteiger charge is 2.18. The van der Waals surface area contributed by atoms with Gasteiger partial charge in [0.05, 0.1) is 6.10 Å². The van der Waals surface area contributed by atoms with Gasteiger partial charge in [0.25, 0.3) is 0 Å². The monoisotopic (exact) mass is 139 g/mol. The van der Waals surface area contributed by atoms with Crippen molar-refractivity contribution in [1.29, 1.82) is 0 Å². The molecule has 1 heterocycles. The fourth-order valence-corrected chi connectivity index (χ4v) is 1.24. The number of hydrogen-bond acceptors (Lipinski definition) is 2. The van der Waals surface area contributed by atoms with E-state index in [1.165, 1.54) is 0 Å². The molecule has 2 heteroatoms. The molecule has 1 aliphatic rings. The Morgan fingerprint density at radius 3 is 3.00 bits per heavy atom. The predicted molar refractivity (Wildman–Crippen MR) is 40.5 cm³/mol. The first-order valence-electron chi connectivity index (χ1n) is 3.67. The van der Waals surface area contributed by atoms with E-state index in [4.69, 9.17) is 11.5 Å². The molecule has 2 nitrogen and oxygen atoms in total. The van der Waals surface area contributed by atoms with Crippen LogP contribution in [0.25, 0.3) is 0 Å². The number of rotatable bonds is 2. The van der Waals surface area contributed by atoms with Crippen LogP contribution in [0.2, 0.25) is 0 Å². The van der Waals surface area contributed by atoms with Crippen LogP contribution in [-0.2, 0) is 0 Å². The zero-order valence-electron chi connectivity index (χ0n) is 6.08. The van der Waals surface area contributed by atoms with Crippen molar-refractivity contribution in [3.8, 4) is 12.3 Å². The lowest BCUT2D eigenvalue weighted by atomic mass is 10.3. The molecule has 1 saturated heterocycles. The van der Waals surface area contributed by atoms with E-state index in [0.29, 0.717) is 0 Å². The van der Waals surface area contributed by atoms with Crippen molar-refractivity contribution in [2.24, 2.45) is 0 Å². The maximum atomic E-state index is 9.11. The second-order valence-electron chi connectivity index (χ2n) is 2.70. The summed E-state index contributed by atoms with van der Waals surface area (Å²) in [6, 6.07) is 0. The molecule has 0 aliphatic carbocycles. The Kier molecular flexibility index (Phi) is 2.73. The first-order valence-corrected chi connectivity index (χ1v) is 3.67. The minimum Gasteiger partial charge on any atom is -0.392 e. The largest absolute Gasteiger partial charge is 0.392 e. The molecule has 0 saturated carbocycles. The second kappa shape index (κ2) is 3.60. The number of nitrogens with zero attached hydrogens (tertiary/aromatic N) is 1. The maximum absolute atomic E-state index is 9.11. The van der Waals surface area contributed by atoms with Gasteiger partial charge in [-0.1, -0.05) is 0 Å². The lowest BCUT2D eigenvalue weighted by Crippen LogP contribution is -2.22. The third kappa shape index (κ3) is 2.02. The van der Waals surface area contributed by atoms with E-state index in [2.05, 4.69) is 10.8 Å². The summed E-state index contributed by atoms with van der Waals surface area (Å²) in [5.74, 6) is 2.59. The van der Waals surface area contributed by atoms with Crippen molar-refractivity contribution in [1.82, 2.24) is 4.90 Å². The molecule has 0 unspecified atom stereocenters. The molecule has 1 atom stereocenters. The van der Waals surface area contributed by atoms with Crippen molar-refractivity contribution in [2.75, 3.05) is 19.6 Å². The number of terminal acetylenes is 1. The van der Waals surface area contributed by atoms with Crippen LogP contribution >= 0.6 is 0 Å². The molecule has 1 aliphatic heterocycles. The van der Waals surface area contributed by atoms with E-state index in [1.54, 1.807) is 0 Å². The summed E-state index contributed by atoms with van der Waals surface area (Å²) in [6.07, 6.45) is 6.69. The van der Waals surface area contributed by atoms with Gasteiger partial charge in [-0.3, -0.25) is 4.90 Å². The fourth-order valence-electron chi connectivity index (χ4n) is 1.24. The van der Waals surface area contributed by atoms with Crippen LogP contribution in [0.5, 0.6) is 0 Å². The van der Waals surface area contributed by atoms with Crippen LogP contribution in [0.3, 0.4) is 0 Å². The standard InChI is InChI=1S/C8H13NO/c1-2-3-5-9-6-4-8(10)7-9/h1,8,10H,3-7H2/t8-/m0/s1. The quantitative estimate of drug-likeness (QED) is 0.547. The predicted octanol–water partition coefficient (Wildman–Crippen LogP) is 0.0763. The van der Waals surface area contributed by atoms with Crippen molar-refractivity contribution >= 4 is 0 Å². The number of hydrogen-bond donors (Lipinski definition) is 1. The lowest BCUT2D eigenvalue weighted by molar-refractivity contribution is 0.177. The van der Waals surface area contributed by atoms with E-state index in [0.717, 1.165) is 32.5 Å². The molecule has 10 heavy (non-hydrogen) atoms. The highest BCUT2D eigenvalue weighted by molar-refractivity contribution is 4.86. The SMILES string of the molecule is C#CCCN1CC[C@H](O)C1. The van der Waals surface area contributed by atoms with Crippen LogP contribution in [0, 0.1) is 12.3 Å². The number of β-amino-alcohol motifs (C(OH)–C–C–N with tert-alkyl or cyclic N) is 1. The van der Waals surface area contributed by atoms with Gasteiger partial charge in [-0.15, -0.1) is 12.3 Å². The fraction of sp³-hybridized carbons (Fsp3) is 0.750. The Hall–Kier alpha value is -0.520. The van der Waals surface area contributed by atoms with Crippen molar-refractivity contribution in [3.63, 3.8) is 0 Å². The Bertz CT molecular complexity index is 139. The third-order valence-corrected chi connectivity index (χ3v) is 1.82. The highest BCUT2D eigenvalue weighted by Crippen LogP contribution is 2.07. The van der Waals surface area contributed by atoms with Crippen LogP contribution in [-0.4, -0.2) is 35.7 Å². The molecular weight excluding hydrogens is 126 g/mol. The number of likely N-dealkylation sites (tertiary alicyclic amines) is 1. The van der Waals surface area contributed by atoms with E-state index < -0.39 is 0 Å². The van der Waals surface area contributed by atoms with Gasteiger partial charge < -0.3 is 5.11 Å². The van der Waals surface area contributed by atoms with E-state index >= 15 is 0 Å². The summed E-state index contributed by atoms with van der Waals surface area (Å²) in [6.45, 7) is 2.75. The summed E-state index contributed by atoms with van der Waals surface area (Å²) in [7, 11) is 0. The average molecular weight is 139 g/mol. The molecule has 1 fully saturated rings. The van der Waals surface area contributed by atoms with Crippen molar-refractivity contribution in [3.05, 3.63) is 0 Å². The van der Waals surface area contributed by atoms with Crippen LogP contribution < -0.4 is 0 Å². The molecule has 0 amide bonds. The summed E-state index contributed by atoms with van der Waals surface area (Å²) in [5.41, 5.74) is 0. The van der Waals surface area contributed by atoms with Gasteiger partial charge in [0.2, 0.25) is 0 Å². The van der Waals surface area contributed by atoms with Gasteiger partial charge in [0, 0.05) is 26.1 Å². The van der Waals surface area contributed by atoms with Gasteiger partial charge in [-0.05, 0) is 6.42 Å². The molecule has 0 aromatic heterocycles. The first-order chi connectivity index (χ1) is 4.83. The third-order valence-electron chi connectivity index (χ3n) is 1.82. The molecule has 0 spiro atoms. The minimum atomic E-state index is -0.113. The van der Waals surface area contributed by atoms with E-state index in [-0.39, 0.29) is 6.10 Å². The zero-order valence-corrected chi connectivity index (χ0v) is 6.08. The molecule has 0 aromatic carbocycles. The number of aliphatic hydroxyl groups excluding tert-OH is 1. The average Bonchev–Trinajstić information content (AvgIpc) is 2.31. The molecule has 56 valence electrons. The minimum absolute atomic E-state index is 0.113. The van der Waals surface area contributed by atoms with Gasteiger partial charge >= 0.3 is 0 Å². The van der Waals surface area contributed by atoms with Gasteiger partial charge in [-0.25, -0.2) is 0 Å². The van der Waals surface area contributed by atoms with Crippen LogP contribution in [0.15, 0.2) is 0 Å². The summed E-state index contributed by atoms with van der Waals surface area (Å²) in [5, 5.41) is 9.11. The Morgan fingerprint density at radius 1 is 1.70 bits per heavy atom. The topological polar surface area (TPSA) is 23.5 Å². The van der Waals surface area contributed by atoms with Gasteiger partial charge in [-0.2, -0.15) is 0 Å². The van der Waals surface area contributed by atoms with Crippen molar-refractivity contribution in [2.45, 2.75) is 18.9 Å². The lowest BCUT2D eigenvalue weighted by Gasteiger charge is -2.11. The Labute approximate surface area is 61.8 Å². The molecular formula is C8H13NO. The van der Waals surface area contributed by atoms with Crippen LogP contribution in [0.1, 0.15) is 12.8 Å². The molecule has 0 aromatic rings.